The Hall–Kier alpha value is -1.66. The zero-order chi connectivity index (χ0) is 15.2. The Morgan fingerprint density at radius 2 is 2.29 bits per heavy atom. The SMILES string of the molecule is CC1CCN(CC(O)CNc2ccncc2C(N)=O)CC1. The van der Waals surface area contributed by atoms with Crippen LogP contribution < -0.4 is 11.1 Å². The maximum absolute atomic E-state index is 11.3. The fourth-order valence-electron chi connectivity index (χ4n) is 2.58. The van der Waals surface area contributed by atoms with Crippen LogP contribution in [0, 0.1) is 5.92 Å². The first-order valence-corrected chi connectivity index (χ1v) is 7.44. The number of nitrogens with two attached hydrogens (primary N) is 1. The fourth-order valence-corrected chi connectivity index (χ4v) is 2.58. The van der Waals surface area contributed by atoms with Crippen LogP contribution in [0.4, 0.5) is 5.69 Å². The number of piperidine rings is 1. The zero-order valence-corrected chi connectivity index (χ0v) is 12.5. The summed E-state index contributed by atoms with van der Waals surface area (Å²) in [5.41, 5.74) is 6.25. The first-order chi connectivity index (χ1) is 10.1. The molecule has 0 bridgehead atoms. The van der Waals surface area contributed by atoms with E-state index in [-0.39, 0.29) is 0 Å². The molecule has 1 atom stereocenters. The molecule has 0 aliphatic carbocycles. The first-order valence-electron chi connectivity index (χ1n) is 7.44. The van der Waals surface area contributed by atoms with Crippen LogP contribution in [-0.2, 0) is 0 Å². The molecular weight excluding hydrogens is 268 g/mol. The molecule has 6 heteroatoms. The molecule has 4 N–H and O–H groups in total. The van der Waals surface area contributed by atoms with Crippen molar-refractivity contribution < 1.29 is 9.90 Å². The highest BCUT2D eigenvalue weighted by Crippen LogP contribution is 2.16. The van der Waals surface area contributed by atoms with Crippen LogP contribution in [0.5, 0.6) is 0 Å². The third kappa shape index (κ3) is 4.68. The molecule has 116 valence electrons. The summed E-state index contributed by atoms with van der Waals surface area (Å²) in [5.74, 6) is 0.261. The molecule has 6 nitrogen and oxygen atoms in total. The Labute approximate surface area is 125 Å². The van der Waals surface area contributed by atoms with Crippen molar-refractivity contribution in [1.82, 2.24) is 9.88 Å². The van der Waals surface area contributed by atoms with Crippen LogP contribution in [0.15, 0.2) is 18.5 Å². The number of aliphatic hydroxyl groups excluding tert-OH is 1. The molecule has 1 aliphatic heterocycles. The van der Waals surface area contributed by atoms with Gasteiger partial charge in [0, 0.05) is 25.5 Å². The van der Waals surface area contributed by atoms with Crippen molar-refractivity contribution in [2.75, 3.05) is 31.5 Å². The van der Waals surface area contributed by atoms with E-state index in [1.165, 1.54) is 19.0 Å². The summed E-state index contributed by atoms with van der Waals surface area (Å²) in [6.07, 6.45) is 4.93. The fraction of sp³-hybridized carbons (Fsp3) is 0.600. The largest absolute Gasteiger partial charge is 0.390 e. The molecule has 0 radical (unpaired) electrons. The number of aromatic nitrogens is 1. The number of rotatable bonds is 6. The molecule has 0 aromatic carbocycles. The Morgan fingerprint density at radius 3 is 2.95 bits per heavy atom. The number of carbonyl (C=O) groups excluding carboxylic acids is 1. The van der Waals surface area contributed by atoms with Gasteiger partial charge in [-0.25, -0.2) is 0 Å². The second-order valence-corrected chi connectivity index (χ2v) is 5.80. The summed E-state index contributed by atoms with van der Waals surface area (Å²) in [6, 6.07) is 1.69. The van der Waals surface area contributed by atoms with E-state index in [0.717, 1.165) is 19.0 Å². The molecule has 1 saturated heterocycles. The van der Waals surface area contributed by atoms with Crippen molar-refractivity contribution in [2.45, 2.75) is 25.9 Å². The number of hydrogen-bond donors (Lipinski definition) is 3. The molecule has 0 saturated carbocycles. The number of carbonyl (C=O) groups is 1. The van der Waals surface area contributed by atoms with Crippen molar-refractivity contribution in [3.63, 3.8) is 0 Å². The average Bonchev–Trinajstić information content (AvgIpc) is 2.48. The van der Waals surface area contributed by atoms with Crippen LogP contribution in [0.3, 0.4) is 0 Å². The lowest BCUT2D eigenvalue weighted by molar-refractivity contribution is 0.0983. The molecule has 1 aliphatic rings. The predicted octanol–water partition coefficient (Wildman–Crippen LogP) is 0.685. The number of aliphatic hydroxyl groups is 1. The minimum absolute atomic E-state index is 0.344. The summed E-state index contributed by atoms with van der Waals surface area (Å²) < 4.78 is 0. The van der Waals surface area contributed by atoms with Gasteiger partial charge in [-0.1, -0.05) is 6.92 Å². The van der Waals surface area contributed by atoms with E-state index in [9.17, 15) is 9.90 Å². The summed E-state index contributed by atoms with van der Waals surface area (Å²) in [6.45, 7) is 5.39. The van der Waals surface area contributed by atoms with Crippen molar-refractivity contribution in [1.29, 1.82) is 0 Å². The number of likely N-dealkylation sites (tertiary alicyclic amines) is 1. The number of hydrogen-bond acceptors (Lipinski definition) is 5. The molecule has 1 unspecified atom stereocenters. The Balaban J connectivity index is 1.81. The number of β-amino-alcohol motifs (C(OH)–C–C–N with tert-alkyl or cyclic N) is 1. The van der Waals surface area contributed by atoms with Gasteiger partial charge < -0.3 is 21.1 Å². The summed E-state index contributed by atoms with van der Waals surface area (Å²) >= 11 is 0. The third-order valence-electron chi connectivity index (χ3n) is 3.96. The van der Waals surface area contributed by atoms with E-state index in [4.69, 9.17) is 5.73 Å². The van der Waals surface area contributed by atoms with Crippen LogP contribution in [-0.4, -0.2) is 53.2 Å². The van der Waals surface area contributed by atoms with Gasteiger partial charge in [0.15, 0.2) is 0 Å². The summed E-state index contributed by atoms with van der Waals surface area (Å²) in [7, 11) is 0. The minimum atomic E-state index is -0.523. The molecule has 0 spiro atoms. The molecule has 2 heterocycles. The van der Waals surface area contributed by atoms with Crippen LogP contribution >= 0.6 is 0 Å². The second-order valence-electron chi connectivity index (χ2n) is 5.80. The number of primary amides is 1. The average molecular weight is 292 g/mol. The minimum Gasteiger partial charge on any atom is -0.390 e. The number of nitrogens with zero attached hydrogens (tertiary/aromatic N) is 2. The topological polar surface area (TPSA) is 91.5 Å². The summed E-state index contributed by atoms with van der Waals surface area (Å²) in [5, 5.41) is 13.2. The van der Waals surface area contributed by atoms with E-state index >= 15 is 0 Å². The molecule has 1 fully saturated rings. The zero-order valence-electron chi connectivity index (χ0n) is 12.5. The smallest absolute Gasteiger partial charge is 0.252 e. The van der Waals surface area contributed by atoms with Gasteiger partial charge in [0.1, 0.15) is 0 Å². The number of nitrogens with one attached hydrogen (secondary N) is 1. The molecule has 21 heavy (non-hydrogen) atoms. The van der Waals surface area contributed by atoms with Crippen LogP contribution in [0.1, 0.15) is 30.1 Å². The molecule has 2 rings (SSSR count). The normalized spacial score (nSPS) is 18.4. The van der Waals surface area contributed by atoms with Gasteiger partial charge in [-0.15, -0.1) is 0 Å². The van der Waals surface area contributed by atoms with Gasteiger partial charge in [-0.05, 0) is 37.9 Å². The lowest BCUT2D eigenvalue weighted by Gasteiger charge is -2.31. The summed E-state index contributed by atoms with van der Waals surface area (Å²) in [4.78, 5) is 17.5. The van der Waals surface area contributed by atoms with E-state index in [1.807, 2.05) is 0 Å². The van der Waals surface area contributed by atoms with Crippen molar-refractivity contribution in [3.8, 4) is 0 Å². The quantitative estimate of drug-likeness (QED) is 0.717. The van der Waals surface area contributed by atoms with Gasteiger partial charge in [0.2, 0.25) is 0 Å². The Kier molecular flexibility index (Phi) is 5.52. The first kappa shape index (κ1) is 15.7. The maximum atomic E-state index is 11.3. The van der Waals surface area contributed by atoms with Crippen molar-refractivity contribution in [2.24, 2.45) is 11.7 Å². The monoisotopic (exact) mass is 292 g/mol. The van der Waals surface area contributed by atoms with Gasteiger partial charge >= 0.3 is 0 Å². The highest BCUT2D eigenvalue weighted by molar-refractivity contribution is 5.98. The molecule has 1 amide bonds. The standard InChI is InChI=1S/C15H24N4O2/c1-11-3-6-19(7-4-11)10-12(20)8-18-14-2-5-17-9-13(14)15(16)21/h2,5,9,11-12,20H,3-4,6-8,10H2,1H3,(H2,16,21)(H,17,18). The Bertz CT molecular complexity index is 472. The molecular formula is C15H24N4O2. The van der Waals surface area contributed by atoms with Gasteiger partial charge in [0.05, 0.1) is 17.4 Å². The number of amides is 1. The van der Waals surface area contributed by atoms with E-state index in [1.54, 1.807) is 12.3 Å². The van der Waals surface area contributed by atoms with E-state index in [2.05, 4.69) is 22.1 Å². The lowest BCUT2D eigenvalue weighted by atomic mass is 9.99. The number of anilines is 1. The predicted molar refractivity (Wildman–Crippen MR) is 82.1 cm³/mol. The highest BCUT2D eigenvalue weighted by Gasteiger charge is 2.18. The van der Waals surface area contributed by atoms with E-state index < -0.39 is 12.0 Å². The second kappa shape index (κ2) is 7.38. The Morgan fingerprint density at radius 1 is 1.57 bits per heavy atom. The molecule has 1 aromatic heterocycles. The van der Waals surface area contributed by atoms with Gasteiger partial charge in [-0.2, -0.15) is 0 Å². The maximum Gasteiger partial charge on any atom is 0.252 e. The van der Waals surface area contributed by atoms with Crippen LogP contribution in [0.25, 0.3) is 0 Å². The third-order valence-corrected chi connectivity index (χ3v) is 3.96. The van der Waals surface area contributed by atoms with Gasteiger partial charge in [-0.3, -0.25) is 9.78 Å². The molecule has 1 aromatic rings. The van der Waals surface area contributed by atoms with E-state index in [0.29, 0.717) is 24.3 Å². The van der Waals surface area contributed by atoms with Crippen molar-refractivity contribution >= 4 is 11.6 Å². The van der Waals surface area contributed by atoms with Crippen LogP contribution in [0.2, 0.25) is 0 Å². The highest BCUT2D eigenvalue weighted by atomic mass is 16.3. The number of pyridine rings is 1. The van der Waals surface area contributed by atoms with Crippen molar-refractivity contribution in [3.05, 3.63) is 24.0 Å². The van der Waals surface area contributed by atoms with Gasteiger partial charge in [0.25, 0.3) is 5.91 Å². The lowest BCUT2D eigenvalue weighted by Crippen LogP contribution is -2.40.